The van der Waals surface area contributed by atoms with Crippen molar-refractivity contribution in [1.29, 1.82) is 5.26 Å². The molecule has 0 aliphatic carbocycles. The van der Waals surface area contributed by atoms with Crippen molar-refractivity contribution in [1.82, 2.24) is 0 Å². The van der Waals surface area contributed by atoms with Gasteiger partial charge in [-0.1, -0.05) is 30.3 Å². The van der Waals surface area contributed by atoms with Crippen LogP contribution in [0.1, 0.15) is 21.5 Å². The van der Waals surface area contributed by atoms with Crippen molar-refractivity contribution in [3.63, 3.8) is 0 Å². The molecule has 2 aromatic carbocycles. The van der Waals surface area contributed by atoms with E-state index in [0.29, 0.717) is 5.56 Å². The molecule has 0 unspecified atom stereocenters. The van der Waals surface area contributed by atoms with Crippen molar-refractivity contribution < 1.29 is 27.4 Å². The zero-order valence-corrected chi connectivity index (χ0v) is 11.6. The van der Waals surface area contributed by atoms with Crippen molar-refractivity contribution in [2.75, 3.05) is 0 Å². The Labute approximate surface area is 129 Å². The summed E-state index contributed by atoms with van der Waals surface area (Å²) in [5.74, 6) is -1.74. The van der Waals surface area contributed by atoms with Crippen LogP contribution in [0.4, 0.5) is 13.2 Å². The topological polar surface area (TPSA) is 59.3 Å². The molecule has 0 atom stereocenters. The molecular weight excluding hydrogens is 311 g/mol. The third-order valence-corrected chi connectivity index (χ3v) is 2.77. The number of hydrogen-bond donors (Lipinski definition) is 0. The lowest BCUT2D eigenvalue weighted by Crippen LogP contribution is -2.19. The van der Waals surface area contributed by atoms with Gasteiger partial charge in [0.25, 0.3) is 0 Å². The number of alkyl halides is 3. The summed E-state index contributed by atoms with van der Waals surface area (Å²) in [5, 5.41) is 8.74. The number of ether oxygens (including phenoxy) is 2. The van der Waals surface area contributed by atoms with Crippen molar-refractivity contribution in [3.05, 3.63) is 65.2 Å². The first-order chi connectivity index (χ1) is 10.9. The van der Waals surface area contributed by atoms with Gasteiger partial charge in [-0.05, 0) is 23.8 Å². The van der Waals surface area contributed by atoms with E-state index < -0.39 is 23.6 Å². The number of carbonyl (C=O) groups excluding carboxylic acids is 1. The molecule has 0 N–H and O–H groups in total. The first-order valence-electron chi connectivity index (χ1n) is 6.40. The third-order valence-electron chi connectivity index (χ3n) is 2.77. The third kappa shape index (κ3) is 4.74. The fourth-order valence-electron chi connectivity index (χ4n) is 1.77. The number of halogens is 3. The number of nitrogens with zero attached hydrogens (tertiary/aromatic N) is 1. The molecule has 0 aliphatic heterocycles. The number of rotatable bonds is 4. The SMILES string of the molecule is N#Cc1ccc(C(=O)OCc2ccccc2)c(OC(F)(F)F)c1. The highest BCUT2D eigenvalue weighted by molar-refractivity contribution is 5.92. The quantitative estimate of drug-likeness (QED) is 0.803. The minimum absolute atomic E-state index is 0.0659. The average Bonchev–Trinajstić information content (AvgIpc) is 2.52. The van der Waals surface area contributed by atoms with Crippen molar-refractivity contribution in [3.8, 4) is 11.8 Å². The molecule has 2 aromatic rings. The summed E-state index contributed by atoms with van der Waals surface area (Å²) in [6, 6.07) is 13.5. The summed E-state index contributed by atoms with van der Waals surface area (Å²) in [4.78, 5) is 12.0. The number of carbonyl (C=O) groups is 1. The second-order valence-electron chi connectivity index (χ2n) is 4.43. The molecule has 0 radical (unpaired) electrons. The highest BCUT2D eigenvalue weighted by atomic mass is 19.4. The fraction of sp³-hybridized carbons (Fsp3) is 0.125. The minimum Gasteiger partial charge on any atom is -0.457 e. The number of nitriles is 1. The van der Waals surface area contributed by atoms with Gasteiger partial charge in [0, 0.05) is 0 Å². The van der Waals surface area contributed by atoms with Crippen LogP contribution < -0.4 is 4.74 Å². The maximum atomic E-state index is 12.4. The fourth-order valence-corrected chi connectivity index (χ4v) is 1.77. The molecule has 2 rings (SSSR count). The Morgan fingerprint density at radius 3 is 2.43 bits per heavy atom. The second-order valence-corrected chi connectivity index (χ2v) is 4.43. The van der Waals surface area contributed by atoms with E-state index in [1.165, 1.54) is 6.07 Å². The Kier molecular flexibility index (Phi) is 4.86. The molecule has 118 valence electrons. The Morgan fingerprint density at radius 1 is 1.13 bits per heavy atom. The Morgan fingerprint density at radius 2 is 1.83 bits per heavy atom. The maximum Gasteiger partial charge on any atom is 0.573 e. The zero-order chi connectivity index (χ0) is 16.9. The predicted octanol–water partition coefficient (Wildman–Crippen LogP) is 3.81. The van der Waals surface area contributed by atoms with Gasteiger partial charge < -0.3 is 9.47 Å². The molecule has 0 saturated carbocycles. The molecular formula is C16H10F3NO3. The van der Waals surface area contributed by atoms with Crippen LogP contribution in [0.3, 0.4) is 0 Å². The molecule has 0 fully saturated rings. The van der Waals surface area contributed by atoms with Crippen molar-refractivity contribution >= 4 is 5.97 Å². The van der Waals surface area contributed by atoms with E-state index in [9.17, 15) is 18.0 Å². The molecule has 7 heteroatoms. The van der Waals surface area contributed by atoms with E-state index in [4.69, 9.17) is 10.00 Å². The maximum absolute atomic E-state index is 12.4. The van der Waals surface area contributed by atoms with Crippen molar-refractivity contribution in [2.45, 2.75) is 13.0 Å². The zero-order valence-electron chi connectivity index (χ0n) is 11.6. The molecule has 0 heterocycles. The van der Waals surface area contributed by atoms with Crippen LogP contribution in [0.15, 0.2) is 48.5 Å². The normalized spacial score (nSPS) is 10.7. The van der Waals surface area contributed by atoms with Gasteiger partial charge in [0.15, 0.2) is 0 Å². The highest BCUT2D eigenvalue weighted by Gasteiger charge is 2.33. The Hall–Kier alpha value is -3.01. The van der Waals surface area contributed by atoms with Crippen LogP contribution in [0.5, 0.6) is 5.75 Å². The van der Waals surface area contributed by atoms with E-state index in [1.54, 1.807) is 36.4 Å². The summed E-state index contributed by atoms with van der Waals surface area (Å²) >= 11 is 0. The molecule has 0 amide bonds. The van der Waals surface area contributed by atoms with Gasteiger partial charge in [-0.15, -0.1) is 13.2 Å². The molecule has 0 bridgehead atoms. The van der Waals surface area contributed by atoms with Gasteiger partial charge in [-0.2, -0.15) is 5.26 Å². The molecule has 23 heavy (non-hydrogen) atoms. The van der Waals surface area contributed by atoms with Gasteiger partial charge in [0.1, 0.15) is 17.9 Å². The van der Waals surface area contributed by atoms with E-state index in [2.05, 4.69) is 4.74 Å². The van der Waals surface area contributed by atoms with Gasteiger partial charge >= 0.3 is 12.3 Å². The number of hydrogen-bond acceptors (Lipinski definition) is 4. The standard InChI is InChI=1S/C16H10F3NO3/c17-16(18,19)23-14-8-12(9-20)6-7-13(14)15(21)22-10-11-4-2-1-3-5-11/h1-8H,10H2. The molecule has 0 spiro atoms. The lowest BCUT2D eigenvalue weighted by molar-refractivity contribution is -0.274. The molecule has 0 aromatic heterocycles. The van der Waals surface area contributed by atoms with Crippen LogP contribution >= 0.6 is 0 Å². The van der Waals surface area contributed by atoms with Crippen LogP contribution in [-0.4, -0.2) is 12.3 Å². The molecule has 4 nitrogen and oxygen atoms in total. The van der Waals surface area contributed by atoms with Crippen LogP contribution in [0.25, 0.3) is 0 Å². The molecule has 0 saturated heterocycles. The molecule has 0 aliphatic rings. The summed E-state index contributed by atoms with van der Waals surface area (Å²) in [5.41, 5.74) is 0.217. The second kappa shape index (κ2) is 6.83. The van der Waals surface area contributed by atoms with E-state index >= 15 is 0 Å². The lowest BCUT2D eigenvalue weighted by Gasteiger charge is -2.13. The minimum atomic E-state index is -4.98. The first kappa shape index (κ1) is 16.4. The summed E-state index contributed by atoms with van der Waals surface area (Å²) < 4.78 is 46.0. The predicted molar refractivity (Wildman–Crippen MR) is 73.4 cm³/mol. The number of esters is 1. The summed E-state index contributed by atoms with van der Waals surface area (Å²) in [6.07, 6.45) is -4.98. The highest BCUT2D eigenvalue weighted by Crippen LogP contribution is 2.28. The van der Waals surface area contributed by atoms with E-state index in [-0.39, 0.29) is 12.2 Å². The van der Waals surface area contributed by atoms with Crippen molar-refractivity contribution in [2.24, 2.45) is 0 Å². The van der Waals surface area contributed by atoms with Gasteiger partial charge in [0.05, 0.1) is 11.6 Å². The van der Waals surface area contributed by atoms with E-state index in [0.717, 1.165) is 12.1 Å². The van der Waals surface area contributed by atoms with E-state index in [1.807, 2.05) is 0 Å². The monoisotopic (exact) mass is 321 g/mol. The van der Waals surface area contributed by atoms with Crippen LogP contribution in [-0.2, 0) is 11.3 Å². The Balaban J connectivity index is 2.20. The van der Waals surface area contributed by atoms with Crippen LogP contribution in [0.2, 0.25) is 0 Å². The lowest BCUT2D eigenvalue weighted by atomic mass is 10.1. The smallest absolute Gasteiger partial charge is 0.457 e. The first-order valence-corrected chi connectivity index (χ1v) is 6.40. The van der Waals surface area contributed by atoms with Gasteiger partial charge in [-0.3, -0.25) is 0 Å². The summed E-state index contributed by atoms with van der Waals surface area (Å²) in [7, 11) is 0. The largest absolute Gasteiger partial charge is 0.573 e. The van der Waals surface area contributed by atoms with Gasteiger partial charge in [-0.25, -0.2) is 4.79 Å². The number of benzene rings is 2. The summed E-state index contributed by atoms with van der Waals surface area (Å²) in [6.45, 7) is -0.0921. The Bertz CT molecular complexity index is 736. The van der Waals surface area contributed by atoms with Crippen LogP contribution in [0, 0.1) is 11.3 Å². The average molecular weight is 321 g/mol. The van der Waals surface area contributed by atoms with Gasteiger partial charge in [0.2, 0.25) is 0 Å².